The van der Waals surface area contributed by atoms with E-state index in [4.69, 9.17) is 4.42 Å². The fraction of sp³-hybridized carbons (Fsp3) is 0.433. The van der Waals surface area contributed by atoms with Crippen LogP contribution in [0.4, 0.5) is 34.1 Å². The van der Waals surface area contributed by atoms with Crippen molar-refractivity contribution in [3.05, 3.63) is 136 Å². The zero-order valence-corrected chi connectivity index (χ0v) is 47.0. The average Bonchev–Trinajstić information content (AvgIpc) is 3.88. The van der Waals surface area contributed by atoms with Crippen molar-refractivity contribution in [2.45, 2.75) is 187 Å². The van der Waals surface area contributed by atoms with Crippen LogP contribution in [0.15, 0.2) is 95.4 Å². The second-order valence-corrected chi connectivity index (χ2v) is 29.3. The van der Waals surface area contributed by atoms with Crippen LogP contribution in [0.3, 0.4) is 0 Å². The molecule has 0 atom stereocenters. The lowest BCUT2D eigenvalue weighted by Gasteiger charge is -2.47. The molecule has 0 N–H and O–H groups in total. The summed E-state index contributed by atoms with van der Waals surface area (Å²) in [6, 6.07) is 37.0. The number of fused-ring (bicyclic) bond motifs is 12. The number of rotatable bonds is 2. The Bertz CT molecular complexity index is 3670. The van der Waals surface area contributed by atoms with Crippen molar-refractivity contribution in [2.75, 3.05) is 9.80 Å². The van der Waals surface area contributed by atoms with Gasteiger partial charge in [0.05, 0.1) is 16.8 Å². The number of thiophene rings is 1. The third-order valence-corrected chi connectivity index (χ3v) is 20.6. The van der Waals surface area contributed by atoms with E-state index >= 15 is 0 Å². The molecule has 13 rings (SSSR count). The third-order valence-electron chi connectivity index (χ3n) is 19.4. The first-order chi connectivity index (χ1) is 33.7. The fourth-order valence-electron chi connectivity index (χ4n) is 14.4. The molecule has 72 heavy (non-hydrogen) atoms. The molecule has 2 aliphatic heterocycles. The van der Waals surface area contributed by atoms with Gasteiger partial charge in [0.2, 0.25) is 0 Å². The van der Waals surface area contributed by atoms with Gasteiger partial charge in [-0.1, -0.05) is 128 Å². The second-order valence-electron chi connectivity index (χ2n) is 28.2. The van der Waals surface area contributed by atoms with E-state index in [1.807, 2.05) is 0 Å². The largest absolute Gasteiger partial charge is 0.456 e. The SMILES string of the molecule is Cc1cc2c3c(c1)N(c1cccc4oc5ccc(C(C)(C)C)cc5c14)c1cc4c(cc1B3c1sc3cc5c(cc3c1N2c1ccc2c(c1)C(C)(C)CCC2(C)C)C(C)(C)CCC5(C)C)C(C)(C)CCC4(C)C. The van der Waals surface area contributed by atoms with Crippen molar-refractivity contribution in [1.29, 1.82) is 0 Å². The van der Waals surface area contributed by atoms with Crippen LogP contribution in [-0.2, 0) is 37.9 Å². The molecular weight excluding hydrogens is 892 g/mol. The molecule has 5 heteroatoms. The number of aryl methyl sites for hydroxylation is 1. The van der Waals surface area contributed by atoms with E-state index in [0.29, 0.717) is 0 Å². The maximum absolute atomic E-state index is 6.85. The van der Waals surface area contributed by atoms with Crippen molar-refractivity contribution >= 4 is 99.9 Å². The first-order valence-electron chi connectivity index (χ1n) is 27.3. The highest BCUT2D eigenvalue weighted by atomic mass is 32.1. The fourth-order valence-corrected chi connectivity index (χ4v) is 15.8. The molecule has 4 heterocycles. The summed E-state index contributed by atoms with van der Waals surface area (Å²) in [6.45, 7) is 39.2. The van der Waals surface area contributed by atoms with Gasteiger partial charge in [-0.3, -0.25) is 0 Å². The number of benzene rings is 6. The van der Waals surface area contributed by atoms with Crippen LogP contribution in [0.5, 0.6) is 0 Å². The second kappa shape index (κ2) is 14.5. The summed E-state index contributed by atoms with van der Waals surface area (Å²) >= 11 is 2.08. The van der Waals surface area contributed by atoms with Crippen LogP contribution in [0.1, 0.15) is 187 Å². The van der Waals surface area contributed by atoms with Gasteiger partial charge < -0.3 is 14.2 Å². The highest BCUT2D eigenvalue weighted by molar-refractivity contribution is 7.33. The van der Waals surface area contributed by atoms with E-state index in [-0.39, 0.29) is 44.6 Å². The lowest BCUT2D eigenvalue weighted by Crippen LogP contribution is -2.61. The summed E-state index contributed by atoms with van der Waals surface area (Å²) in [4.78, 5) is 5.44. The maximum Gasteiger partial charge on any atom is 0.264 e. The Balaban J connectivity index is 1.18. The molecule has 0 spiro atoms. The summed E-state index contributed by atoms with van der Waals surface area (Å²) in [5.74, 6) is 0. The van der Waals surface area contributed by atoms with Crippen LogP contribution in [-0.4, -0.2) is 6.71 Å². The molecule has 5 aliphatic rings. The summed E-state index contributed by atoms with van der Waals surface area (Å²) in [5.41, 5.74) is 24.5. The zero-order valence-electron chi connectivity index (χ0n) is 46.2. The Kier molecular flexibility index (Phi) is 9.39. The summed E-state index contributed by atoms with van der Waals surface area (Å²) in [6.07, 6.45) is 7.09. The van der Waals surface area contributed by atoms with E-state index in [2.05, 4.69) is 223 Å². The number of anilines is 6. The van der Waals surface area contributed by atoms with Crippen LogP contribution in [0.2, 0.25) is 0 Å². The Morgan fingerprint density at radius 2 is 1.06 bits per heavy atom. The molecule has 6 aromatic carbocycles. The molecule has 2 aromatic heterocycles. The van der Waals surface area contributed by atoms with Gasteiger partial charge in [-0.2, -0.15) is 0 Å². The topological polar surface area (TPSA) is 19.6 Å². The van der Waals surface area contributed by atoms with Gasteiger partial charge in [0.15, 0.2) is 0 Å². The van der Waals surface area contributed by atoms with E-state index < -0.39 is 0 Å². The van der Waals surface area contributed by atoms with Gasteiger partial charge in [-0.25, -0.2) is 0 Å². The Hall–Kier alpha value is -5.26. The Morgan fingerprint density at radius 3 is 1.68 bits per heavy atom. The van der Waals surface area contributed by atoms with Crippen LogP contribution < -0.4 is 25.5 Å². The molecule has 368 valence electrons. The highest BCUT2D eigenvalue weighted by Gasteiger charge is 2.49. The molecule has 0 bridgehead atoms. The Labute approximate surface area is 434 Å². The van der Waals surface area contributed by atoms with E-state index in [1.165, 1.54) is 147 Å². The van der Waals surface area contributed by atoms with Gasteiger partial charge in [-0.15, -0.1) is 11.3 Å². The molecule has 3 nitrogen and oxygen atoms in total. The predicted molar refractivity (Wildman–Crippen MR) is 312 cm³/mol. The lowest BCUT2D eigenvalue weighted by atomic mass is 9.35. The van der Waals surface area contributed by atoms with Gasteiger partial charge in [0, 0.05) is 43.0 Å². The molecule has 0 saturated carbocycles. The number of hydrogen-bond acceptors (Lipinski definition) is 4. The molecular formula is C67H75BN2OS. The molecule has 3 aliphatic carbocycles. The van der Waals surface area contributed by atoms with Crippen molar-refractivity contribution in [3.63, 3.8) is 0 Å². The number of nitrogens with zero attached hydrogens (tertiary/aromatic N) is 2. The smallest absolute Gasteiger partial charge is 0.264 e. The van der Waals surface area contributed by atoms with Crippen molar-refractivity contribution < 1.29 is 4.42 Å². The quantitative estimate of drug-likeness (QED) is 0.161. The van der Waals surface area contributed by atoms with Crippen LogP contribution >= 0.6 is 11.3 Å². The first kappa shape index (κ1) is 46.5. The number of hydrogen-bond donors (Lipinski definition) is 0. The van der Waals surface area contributed by atoms with Crippen molar-refractivity contribution in [2.24, 2.45) is 0 Å². The normalized spacial score (nSPS) is 20.5. The summed E-state index contributed by atoms with van der Waals surface area (Å²) in [5, 5.41) is 3.76. The van der Waals surface area contributed by atoms with E-state index in [1.54, 1.807) is 0 Å². The van der Waals surface area contributed by atoms with Gasteiger partial charge in [-0.05, 0) is 206 Å². The molecule has 0 radical (unpaired) electrons. The monoisotopic (exact) mass is 967 g/mol. The first-order valence-corrected chi connectivity index (χ1v) is 28.1. The minimum Gasteiger partial charge on any atom is -0.456 e. The third kappa shape index (κ3) is 6.46. The zero-order chi connectivity index (χ0) is 50.8. The lowest BCUT2D eigenvalue weighted by molar-refractivity contribution is 0.332. The standard InChI is InChI=1S/C67H75BN2OS/c1-38-30-52-58-53(31-38)70(50-18-17-19-55-57(50)41-32-39(61(2,3)4)20-23-54(41)71-55)51-36-47-46(65(11,12)27-28-66(47,13)14)35-49(51)68(58)60-59(42-34-45-48(37-56(42)72-60)67(15,16)29-26-64(45,9)10)69(52)40-21-22-43-44(33-40)63(7,8)25-24-62(43,5)6/h17-23,30-37H,24-29H2,1-16H3. The molecule has 0 unspecified atom stereocenters. The Morgan fingerprint density at radius 1 is 0.500 bits per heavy atom. The van der Waals surface area contributed by atoms with E-state index in [9.17, 15) is 0 Å². The highest BCUT2D eigenvalue weighted by Crippen LogP contribution is 2.56. The van der Waals surface area contributed by atoms with Gasteiger partial charge in [0.1, 0.15) is 11.2 Å². The van der Waals surface area contributed by atoms with Crippen molar-refractivity contribution in [1.82, 2.24) is 0 Å². The van der Waals surface area contributed by atoms with E-state index in [0.717, 1.165) is 17.6 Å². The van der Waals surface area contributed by atoms with Crippen molar-refractivity contribution in [3.8, 4) is 0 Å². The summed E-state index contributed by atoms with van der Waals surface area (Å²) in [7, 11) is 0. The van der Waals surface area contributed by atoms with Crippen LogP contribution in [0.25, 0.3) is 32.0 Å². The van der Waals surface area contributed by atoms with Gasteiger partial charge in [0.25, 0.3) is 6.71 Å². The maximum atomic E-state index is 6.85. The summed E-state index contributed by atoms with van der Waals surface area (Å²) < 4.78 is 9.73. The predicted octanol–water partition coefficient (Wildman–Crippen LogP) is 17.5. The number of furan rings is 1. The minimum atomic E-state index is -0.0113. The minimum absolute atomic E-state index is 0.0113. The molecule has 0 amide bonds. The van der Waals surface area contributed by atoms with Gasteiger partial charge >= 0.3 is 0 Å². The molecule has 8 aromatic rings. The molecule has 0 saturated heterocycles. The average molecular weight is 967 g/mol. The molecule has 0 fully saturated rings. The van der Waals surface area contributed by atoms with Crippen LogP contribution in [0, 0.1) is 6.92 Å².